The maximum atomic E-state index is 10.6. The predicted octanol–water partition coefficient (Wildman–Crippen LogP) is 2.66. The van der Waals surface area contributed by atoms with Crippen LogP contribution in [0.3, 0.4) is 0 Å². The topological polar surface area (TPSA) is 26.3 Å². The lowest BCUT2D eigenvalue weighted by Gasteiger charge is -2.12. The number of hydrogen-bond donors (Lipinski definition) is 0. The molecule has 0 aromatic heterocycles. The van der Waals surface area contributed by atoms with Gasteiger partial charge in [0.15, 0.2) is 12.4 Å². The average molecular weight is 192 g/mol. The van der Waals surface area contributed by atoms with Gasteiger partial charge < -0.3 is 4.74 Å². The summed E-state index contributed by atoms with van der Waals surface area (Å²) in [6, 6.07) is 5.97. The van der Waals surface area contributed by atoms with Crippen LogP contribution in [0.15, 0.2) is 18.2 Å². The molecule has 0 saturated heterocycles. The van der Waals surface area contributed by atoms with Gasteiger partial charge in [0, 0.05) is 0 Å². The molecule has 0 N–H and O–H groups in total. The molecule has 0 aliphatic rings. The van der Waals surface area contributed by atoms with Crippen LogP contribution < -0.4 is 4.74 Å². The second-order valence-electron chi connectivity index (χ2n) is 3.52. The van der Waals surface area contributed by atoms with Gasteiger partial charge in [-0.05, 0) is 43.5 Å². The van der Waals surface area contributed by atoms with Gasteiger partial charge >= 0.3 is 0 Å². The van der Waals surface area contributed by atoms with E-state index in [0.717, 1.165) is 23.2 Å². The van der Waals surface area contributed by atoms with Crippen molar-refractivity contribution in [2.45, 2.75) is 33.3 Å². The summed E-state index contributed by atoms with van der Waals surface area (Å²) in [5, 5.41) is 0. The molecule has 1 rings (SSSR count). The molecule has 14 heavy (non-hydrogen) atoms. The van der Waals surface area contributed by atoms with Gasteiger partial charge in [-0.2, -0.15) is 0 Å². The molecule has 0 heterocycles. The number of aldehydes is 1. The summed E-state index contributed by atoms with van der Waals surface area (Å²) in [5.74, 6) is 0.779. The van der Waals surface area contributed by atoms with E-state index < -0.39 is 0 Å². The van der Waals surface area contributed by atoms with E-state index in [9.17, 15) is 4.79 Å². The van der Waals surface area contributed by atoms with E-state index in [1.807, 2.05) is 32.9 Å². The molecule has 0 amide bonds. The summed E-state index contributed by atoms with van der Waals surface area (Å²) in [4.78, 5) is 10.6. The van der Waals surface area contributed by atoms with Crippen LogP contribution in [-0.4, -0.2) is 12.4 Å². The molecule has 0 fully saturated rings. The van der Waals surface area contributed by atoms with Crippen LogP contribution in [0.2, 0.25) is 0 Å². The minimum absolute atomic E-state index is 0.323. The average Bonchev–Trinajstić information content (AvgIpc) is 2.12. The van der Waals surface area contributed by atoms with Crippen LogP contribution in [-0.2, 0) is 4.79 Å². The Morgan fingerprint density at radius 3 is 2.29 bits per heavy atom. The number of carbonyl (C=O) groups is 1. The normalized spacial score (nSPS) is 12.2. The molecule has 0 aliphatic heterocycles. The largest absolute Gasteiger partial charge is 0.483 e. The van der Waals surface area contributed by atoms with Gasteiger partial charge in [-0.15, -0.1) is 0 Å². The minimum Gasteiger partial charge on any atom is -0.483 e. The molecule has 1 unspecified atom stereocenters. The third-order valence-electron chi connectivity index (χ3n) is 2.04. The maximum absolute atomic E-state index is 10.6. The molecule has 0 spiro atoms. The quantitative estimate of drug-likeness (QED) is 0.685. The Morgan fingerprint density at radius 1 is 1.29 bits per heavy atom. The van der Waals surface area contributed by atoms with E-state index in [1.54, 1.807) is 0 Å². The van der Waals surface area contributed by atoms with E-state index in [0.29, 0.717) is 6.42 Å². The summed E-state index contributed by atoms with van der Waals surface area (Å²) in [5.41, 5.74) is 2.31. The fraction of sp³-hybridized carbons (Fsp3) is 0.417. The smallest absolute Gasteiger partial charge is 0.160 e. The maximum Gasteiger partial charge on any atom is 0.160 e. The van der Waals surface area contributed by atoms with E-state index in [-0.39, 0.29) is 6.10 Å². The van der Waals surface area contributed by atoms with Gasteiger partial charge in [-0.25, -0.2) is 0 Å². The first-order valence-corrected chi connectivity index (χ1v) is 4.86. The zero-order valence-electron chi connectivity index (χ0n) is 8.91. The Kier molecular flexibility index (Phi) is 3.69. The Labute approximate surface area is 84.9 Å². The van der Waals surface area contributed by atoms with Gasteiger partial charge in [0.2, 0.25) is 0 Å². The molecule has 2 heteroatoms. The number of ether oxygens (including phenoxy) is 1. The van der Waals surface area contributed by atoms with Crippen LogP contribution in [0.4, 0.5) is 0 Å². The Bertz CT molecular complexity index is 298. The van der Waals surface area contributed by atoms with Crippen molar-refractivity contribution in [3.05, 3.63) is 29.3 Å². The molecule has 0 saturated carbocycles. The first kappa shape index (κ1) is 10.8. The predicted molar refractivity (Wildman–Crippen MR) is 56.7 cm³/mol. The first-order chi connectivity index (χ1) is 6.65. The summed E-state index contributed by atoms with van der Waals surface area (Å²) >= 11 is 0. The molecule has 1 aromatic rings. The van der Waals surface area contributed by atoms with Gasteiger partial charge in [-0.3, -0.25) is 4.79 Å². The fourth-order valence-electron chi connectivity index (χ4n) is 1.38. The van der Waals surface area contributed by atoms with Crippen LogP contribution in [0, 0.1) is 13.8 Å². The molecule has 0 aliphatic carbocycles. The lowest BCUT2D eigenvalue weighted by atomic mass is 10.1. The van der Waals surface area contributed by atoms with Crippen molar-refractivity contribution in [1.29, 1.82) is 0 Å². The lowest BCUT2D eigenvalue weighted by molar-refractivity contribution is -0.113. The zero-order valence-corrected chi connectivity index (χ0v) is 8.91. The Hall–Kier alpha value is -1.31. The van der Waals surface area contributed by atoms with Crippen molar-refractivity contribution in [1.82, 2.24) is 0 Å². The molecular weight excluding hydrogens is 176 g/mol. The first-order valence-electron chi connectivity index (χ1n) is 4.86. The third-order valence-corrected chi connectivity index (χ3v) is 2.04. The van der Waals surface area contributed by atoms with Crippen molar-refractivity contribution in [2.75, 3.05) is 0 Å². The molecule has 1 atom stereocenters. The van der Waals surface area contributed by atoms with Crippen molar-refractivity contribution >= 4 is 6.29 Å². The monoisotopic (exact) mass is 192 g/mol. The zero-order chi connectivity index (χ0) is 10.6. The number of aryl methyl sites for hydroxylation is 2. The number of rotatable bonds is 4. The highest BCUT2D eigenvalue weighted by atomic mass is 16.5. The lowest BCUT2D eigenvalue weighted by Crippen LogP contribution is -2.16. The van der Waals surface area contributed by atoms with Crippen molar-refractivity contribution in [2.24, 2.45) is 0 Å². The van der Waals surface area contributed by atoms with E-state index in [4.69, 9.17) is 4.74 Å². The minimum atomic E-state index is -0.323. The van der Waals surface area contributed by atoms with Gasteiger partial charge in [0.25, 0.3) is 0 Å². The van der Waals surface area contributed by atoms with Gasteiger partial charge in [0.05, 0.1) is 0 Å². The molecule has 0 bridgehead atoms. The van der Waals surface area contributed by atoms with Crippen molar-refractivity contribution in [3.63, 3.8) is 0 Å². The summed E-state index contributed by atoms with van der Waals surface area (Å²) in [6.07, 6.45) is 1.23. The Balaban J connectivity index is 2.80. The highest BCUT2D eigenvalue weighted by Gasteiger charge is 2.06. The summed E-state index contributed by atoms with van der Waals surface area (Å²) in [7, 11) is 0. The molecule has 0 radical (unpaired) electrons. The highest BCUT2D eigenvalue weighted by Crippen LogP contribution is 2.17. The third kappa shape index (κ3) is 2.87. The van der Waals surface area contributed by atoms with E-state index >= 15 is 0 Å². The number of benzene rings is 1. The van der Waals surface area contributed by atoms with Gasteiger partial charge in [0.1, 0.15) is 5.75 Å². The summed E-state index contributed by atoms with van der Waals surface area (Å²) in [6.45, 7) is 5.96. The van der Waals surface area contributed by atoms with Crippen LogP contribution in [0.5, 0.6) is 5.75 Å². The van der Waals surface area contributed by atoms with Gasteiger partial charge in [-0.1, -0.05) is 13.0 Å². The summed E-state index contributed by atoms with van der Waals surface area (Å²) < 4.78 is 5.51. The molecule has 76 valence electrons. The fourth-order valence-corrected chi connectivity index (χ4v) is 1.38. The SMILES string of the molecule is CCC(C=O)Oc1cc(C)cc(C)c1. The van der Waals surface area contributed by atoms with Crippen LogP contribution >= 0.6 is 0 Å². The van der Waals surface area contributed by atoms with E-state index in [1.165, 1.54) is 0 Å². The molecule has 2 nitrogen and oxygen atoms in total. The van der Waals surface area contributed by atoms with Crippen molar-refractivity contribution < 1.29 is 9.53 Å². The standard InChI is InChI=1S/C12H16O2/c1-4-11(8-13)14-12-6-9(2)5-10(3)7-12/h5-8,11H,4H2,1-3H3. The molecule has 1 aromatic carbocycles. The Morgan fingerprint density at radius 2 is 1.86 bits per heavy atom. The highest BCUT2D eigenvalue weighted by molar-refractivity contribution is 5.56. The number of hydrogen-bond acceptors (Lipinski definition) is 2. The second-order valence-corrected chi connectivity index (χ2v) is 3.52. The van der Waals surface area contributed by atoms with Crippen molar-refractivity contribution in [3.8, 4) is 5.75 Å². The van der Waals surface area contributed by atoms with Crippen LogP contribution in [0.25, 0.3) is 0 Å². The second kappa shape index (κ2) is 4.80. The number of carbonyl (C=O) groups excluding carboxylic acids is 1. The van der Waals surface area contributed by atoms with Crippen LogP contribution in [0.1, 0.15) is 24.5 Å². The van der Waals surface area contributed by atoms with E-state index in [2.05, 4.69) is 6.07 Å². The molecular formula is C12H16O2.